The predicted octanol–water partition coefficient (Wildman–Crippen LogP) is 4.63. The van der Waals surface area contributed by atoms with E-state index in [4.69, 9.17) is 11.6 Å². The van der Waals surface area contributed by atoms with Crippen LogP contribution in [0.4, 0.5) is 0 Å². The van der Waals surface area contributed by atoms with Crippen LogP contribution in [0.5, 0.6) is 0 Å². The van der Waals surface area contributed by atoms with E-state index < -0.39 is 0 Å². The molecule has 2 heterocycles. The maximum absolute atomic E-state index is 12.6. The van der Waals surface area contributed by atoms with Gasteiger partial charge in [0.2, 0.25) is 0 Å². The monoisotopic (exact) mass is 428 g/mol. The summed E-state index contributed by atoms with van der Waals surface area (Å²) in [4.78, 5) is 15.2. The third-order valence-electron chi connectivity index (χ3n) is 6.93. The van der Waals surface area contributed by atoms with E-state index in [0.29, 0.717) is 16.6 Å². The van der Waals surface area contributed by atoms with Crippen LogP contribution in [0.2, 0.25) is 5.02 Å². The number of hydrogen-bond acceptors (Lipinski definition) is 3. The van der Waals surface area contributed by atoms with Gasteiger partial charge in [0.05, 0.1) is 11.2 Å². The van der Waals surface area contributed by atoms with Crippen molar-refractivity contribution < 1.29 is 4.79 Å². The fourth-order valence-electron chi connectivity index (χ4n) is 5.22. The molecule has 2 fully saturated rings. The van der Waals surface area contributed by atoms with Gasteiger partial charge in [0.1, 0.15) is 5.69 Å². The molecule has 1 unspecified atom stereocenters. The molecule has 4 rings (SSSR count). The average molecular weight is 429 g/mol. The van der Waals surface area contributed by atoms with Crippen LogP contribution >= 0.6 is 11.6 Å². The van der Waals surface area contributed by atoms with Crippen LogP contribution in [-0.2, 0) is 7.05 Å². The highest BCUT2D eigenvalue weighted by Crippen LogP contribution is 2.37. The van der Waals surface area contributed by atoms with Gasteiger partial charge in [-0.05, 0) is 43.1 Å². The Morgan fingerprint density at radius 1 is 1.13 bits per heavy atom. The van der Waals surface area contributed by atoms with Crippen LogP contribution in [-0.4, -0.2) is 46.3 Å². The Hall–Kier alpha value is -1.85. The van der Waals surface area contributed by atoms with Crippen molar-refractivity contribution in [3.8, 4) is 0 Å². The van der Waals surface area contributed by atoms with Crippen molar-refractivity contribution in [2.24, 2.45) is 13.0 Å². The molecule has 30 heavy (non-hydrogen) atoms. The first kappa shape index (κ1) is 21.4. The van der Waals surface area contributed by atoms with E-state index in [1.807, 2.05) is 0 Å². The molecule has 5 nitrogen and oxygen atoms in total. The van der Waals surface area contributed by atoms with E-state index in [0.717, 1.165) is 38.4 Å². The van der Waals surface area contributed by atoms with Gasteiger partial charge >= 0.3 is 0 Å². The predicted molar refractivity (Wildman–Crippen MR) is 121 cm³/mol. The number of likely N-dealkylation sites (tertiary alicyclic amines) is 1. The lowest BCUT2D eigenvalue weighted by Gasteiger charge is -2.38. The van der Waals surface area contributed by atoms with Gasteiger partial charge in [0.25, 0.3) is 5.91 Å². The minimum absolute atomic E-state index is 0.122. The highest BCUT2D eigenvalue weighted by atomic mass is 35.5. The summed E-state index contributed by atoms with van der Waals surface area (Å²) in [6.07, 6.45) is 10.3. The number of rotatable bonds is 6. The summed E-state index contributed by atoms with van der Waals surface area (Å²) in [5, 5.41) is 7.63. The van der Waals surface area contributed by atoms with E-state index in [-0.39, 0.29) is 11.9 Å². The average Bonchev–Trinajstić information content (AvgIpc) is 3.12. The summed E-state index contributed by atoms with van der Waals surface area (Å²) < 4.78 is 1.54. The van der Waals surface area contributed by atoms with E-state index in [9.17, 15) is 4.79 Å². The van der Waals surface area contributed by atoms with Crippen LogP contribution in [0.3, 0.4) is 0 Å². The molecule has 1 amide bonds. The second-order valence-corrected chi connectivity index (χ2v) is 9.34. The molecule has 0 radical (unpaired) electrons. The number of nitrogens with zero attached hydrogens (tertiary/aromatic N) is 3. The van der Waals surface area contributed by atoms with Crippen molar-refractivity contribution >= 4 is 17.5 Å². The Kier molecular flexibility index (Phi) is 7.11. The number of nitrogens with one attached hydrogen (secondary N) is 1. The van der Waals surface area contributed by atoms with Crippen molar-refractivity contribution in [3.63, 3.8) is 0 Å². The number of carbonyl (C=O) groups excluding carboxylic acids is 1. The Morgan fingerprint density at radius 2 is 1.83 bits per heavy atom. The second-order valence-electron chi connectivity index (χ2n) is 8.93. The van der Waals surface area contributed by atoms with Crippen molar-refractivity contribution in [2.75, 3.05) is 19.6 Å². The topological polar surface area (TPSA) is 50.2 Å². The van der Waals surface area contributed by atoms with Gasteiger partial charge in [0, 0.05) is 32.7 Å². The molecule has 6 heteroatoms. The van der Waals surface area contributed by atoms with Gasteiger partial charge < -0.3 is 10.2 Å². The Balaban J connectivity index is 1.34. The number of hydrogen-bond donors (Lipinski definition) is 1. The zero-order chi connectivity index (χ0) is 20.9. The maximum Gasteiger partial charge on any atom is 0.271 e. The standard InChI is InChI=1S/C24H33ClN4O/c1-28-23(22(25)16-26-28)24(30)27-20-12-14-29(15-13-20)17-21(18-8-4-2-5-9-18)19-10-6-3-7-11-19/h2,4-5,8-9,16,19-21H,3,6-7,10-15,17H2,1H3,(H,27,30). The second kappa shape index (κ2) is 9.97. The molecule has 1 aromatic carbocycles. The van der Waals surface area contributed by atoms with Crippen LogP contribution in [0, 0.1) is 5.92 Å². The molecule has 1 saturated heterocycles. The Bertz CT molecular complexity index is 803. The first-order valence-corrected chi connectivity index (χ1v) is 11.8. The van der Waals surface area contributed by atoms with Gasteiger partial charge in [0.15, 0.2) is 0 Å². The quantitative estimate of drug-likeness (QED) is 0.729. The molecule has 1 aromatic heterocycles. The van der Waals surface area contributed by atoms with Gasteiger partial charge in [-0.1, -0.05) is 61.2 Å². The lowest BCUT2D eigenvalue weighted by molar-refractivity contribution is 0.0895. The summed E-state index contributed by atoms with van der Waals surface area (Å²) >= 11 is 6.12. The molecule has 2 aliphatic rings. The molecule has 1 aliphatic carbocycles. The zero-order valence-corrected chi connectivity index (χ0v) is 18.7. The Morgan fingerprint density at radius 3 is 2.47 bits per heavy atom. The van der Waals surface area contributed by atoms with Crippen molar-refractivity contribution in [1.82, 2.24) is 20.0 Å². The molecule has 1 saturated carbocycles. The summed E-state index contributed by atoms with van der Waals surface area (Å²) in [6, 6.07) is 11.3. The summed E-state index contributed by atoms with van der Waals surface area (Å²) in [5.74, 6) is 1.29. The summed E-state index contributed by atoms with van der Waals surface area (Å²) in [6.45, 7) is 3.18. The number of carbonyl (C=O) groups is 1. The number of benzene rings is 1. The smallest absolute Gasteiger partial charge is 0.271 e. The van der Waals surface area contributed by atoms with Crippen molar-refractivity contribution in [1.29, 1.82) is 0 Å². The summed E-state index contributed by atoms with van der Waals surface area (Å²) in [7, 11) is 1.75. The number of halogens is 1. The molecule has 1 N–H and O–H groups in total. The highest BCUT2D eigenvalue weighted by Gasteiger charge is 2.29. The number of amides is 1. The third kappa shape index (κ3) is 5.06. The first-order chi connectivity index (χ1) is 14.6. The van der Waals surface area contributed by atoms with Crippen LogP contribution in [0.25, 0.3) is 0 Å². The minimum Gasteiger partial charge on any atom is -0.348 e. The van der Waals surface area contributed by atoms with Gasteiger partial charge in [-0.2, -0.15) is 5.10 Å². The van der Waals surface area contributed by atoms with E-state index >= 15 is 0 Å². The first-order valence-electron chi connectivity index (χ1n) is 11.4. The van der Waals surface area contributed by atoms with E-state index in [1.165, 1.54) is 43.9 Å². The normalized spacial score (nSPS) is 20.2. The number of piperidine rings is 1. The van der Waals surface area contributed by atoms with Crippen molar-refractivity contribution in [2.45, 2.75) is 56.9 Å². The lowest BCUT2D eigenvalue weighted by Crippen LogP contribution is -2.46. The van der Waals surface area contributed by atoms with Gasteiger partial charge in [-0.15, -0.1) is 0 Å². The molecule has 0 bridgehead atoms. The molecular formula is C24H33ClN4O. The van der Waals surface area contributed by atoms with Crippen LogP contribution < -0.4 is 5.32 Å². The van der Waals surface area contributed by atoms with Crippen LogP contribution in [0.1, 0.15) is 66.9 Å². The largest absolute Gasteiger partial charge is 0.348 e. The Labute approximate surface area is 184 Å². The molecular weight excluding hydrogens is 396 g/mol. The molecule has 1 atom stereocenters. The number of aromatic nitrogens is 2. The number of aryl methyl sites for hydroxylation is 1. The van der Waals surface area contributed by atoms with Gasteiger partial charge in [-0.3, -0.25) is 9.48 Å². The van der Waals surface area contributed by atoms with E-state index in [1.54, 1.807) is 11.7 Å². The maximum atomic E-state index is 12.6. The van der Waals surface area contributed by atoms with E-state index in [2.05, 4.69) is 45.6 Å². The van der Waals surface area contributed by atoms with Crippen LogP contribution in [0.15, 0.2) is 36.5 Å². The van der Waals surface area contributed by atoms with Gasteiger partial charge in [-0.25, -0.2) is 0 Å². The molecule has 162 valence electrons. The fraction of sp³-hybridized carbons (Fsp3) is 0.583. The lowest BCUT2D eigenvalue weighted by atomic mass is 9.76. The zero-order valence-electron chi connectivity index (χ0n) is 17.9. The molecule has 2 aromatic rings. The SMILES string of the molecule is Cn1ncc(Cl)c1C(=O)NC1CCN(CC(c2ccccc2)C2CCCCC2)CC1. The highest BCUT2D eigenvalue weighted by molar-refractivity contribution is 6.33. The minimum atomic E-state index is -0.122. The fourth-order valence-corrected chi connectivity index (χ4v) is 5.47. The molecule has 1 aliphatic heterocycles. The molecule has 0 spiro atoms. The summed E-state index contributed by atoms with van der Waals surface area (Å²) in [5.41, 5.74) is 1.94. The van der Waals surface area contributed by atoms with Crippen molar-refractivity contribution in [3.05, 3.63) is 52.8 Å². The third-order valence-corrected chi connectivity index (χ3v) is 7.21.